The van der Waals surface area contributed by atoms with Crippen molar-refractivity contribution in [2.75, 3.05) is 24.9 Å². The molecule has 0 bridgehead atoms. The highest BCUT2D eigenvalue weighted by atomic mass is 16.5. The molecule has 3 rings (SSSR count). The first kappa shape index (κ1) is 16.6. The number of benzene rings is 2. The third-order valence-electron chi connectivity index (χ3n) is 3.81. The number of hydrogen-bond acceptors (Lipinski definition) is 5. The average Bonchev–Trinajstić information content (AvgIpc) is 2.62. The van der Waals surface area contributed by atoms with Crippen molar-refractivity contribution in [3.8, 4) is 17.2 Å². The highest BCUT2D eigenvalue weighted by Crippen LogP contribution is 2.32. The Morgan fingerprint density at radius 2 is 1.88 bits per heavy atom. The minimum Gasteiger partial charge on any atom is -0.493 e. The fraction of sp³-hybridized carbons (Fsp3) is 0.222. The molecule has 2 N–H and O–H groups in total. The molecule has 130 valence electrons. The van der Waals surface area contributed by atoms with Crippen LogP contribution in [0, 0.1) is 0 Å². The van der Waals surface area contributed by atoms with E-state index in [2.05, 4.69) is 10.6 Å². The van der Waals surface area contributed by atoms with Crippen molar-refractivity contribution in [3.63, 3.8) is 0 Å². The molecule has 2 aromatic rings. The summed E-state index contributed by atoms with van der Waals surface area (Å²) in [6, 6.07) is 9.96. The lowest BCUT2D eigenvalue weighted by Gasteiger charge is -2.23. The van der Waals surface area contributed by atoms with E-state index in [-0.39, 0.29) is 11.8 Å². The molecule has 2 aromatic carbocycles. The molecule has 0 saturated carbocycles. The van der Waals surface area contributed by atoms with Crippen LogP contribution in [0.1, 0.15) is 17.3 Å². The fourth-order valence-corrected chi connectivity index (χ4v) is 2.47. The maximum Gasteiger partial charge on any atom is 0.265 e. The van der Waals surface area contributed by atoms with Crippen LogP contribution in [-0.2, 0) is 4.79 Å². The Bertz CT molecular complexity index is 834. The number of ether oxygens (including phenoxy) is 3. The van der Waals surface area contributed by atoms with E-state index in [9.17, 15) is 9.59 Å². The summed E-state index contributed by atoms with van der Waals surface area (Å²) in [5, 5.41) is 5.53. The Morgan fingerprint density at radius 1 is 1.12 bits per heavy atom. The van der Waals surface area contributed by atoms with E-state index in [0.29, 0.717) is 34.2 Å². The van der Waals surface area contributed by atoms with Crippen molar-refractivity contribution in [1.82, 2.24) is 0 Å². The van der Waals surface area contributed by atoms with Gasteiger partial charge in [-0.3, -0.25) is 9.59 Å². The van der Waals surface area contributed by atoms with Gasteiger partial charge in [-0.05, 0) is 43.3 Å². The number of rotatable bonds is 4. The number of carbonyl (C=O) groups is 2. The zero-order valence-electron chi connectivity index (χ0n) is 14.1. The van der Waals surface area contributed by atoms with Crippen LogP contribution >= 0.6 is 0 Å². The average molecular weight is 342 g/mol. The second-order valence-corrected chi connectivity index (χ2v) is 5.48. The van der Waals surface area contributed by atoms with Gasteiger partial charge in [0.25, 0.3) is 11.8 Å². The molecule has 0 aliphatic carbocycles. The summed E-state index contributed by atoms with van der Waals surface area (Å²) in [4.78, 5) is 24.1. The van der Waals surface area contributed by atoms with Crippen molar-refractivity contribution in [2.24, 2.45) is 0 Å². The van der Waals surface area contributed by atoms with E-state index >= 15 is 0 Å². The predicted octanol–water partition coefficient (Wildman–Crippen LogP) is 2.68. The second-order valence-electron chi connectivity index (χ2n) is 5.48. The summed E-state index contributed by atoms with van der Waals surface area (Å²) in [7, 11) is 3.04. The number of methoxy groups -OCH3 is 2. The van der Waals surface area contributed by atoms with Crippen molar-refractivity contribution in [2.45, 2.75) is 13.0 Å². The van der Waals surface area contributed by atoms with Crippen LogP contribution in [0.5, 0.6) is 17.2 Å². The summed E-state index contributed by atoms with van der Waals surface area (Å²) in [5.41, 5.74) is 1.48. The van der Waals surface area contributed by atoms with E-state index in [4.69, 9.17) is 14.2 Å². The molecule has 0 spiro atoms. The Balaban J connectivity index is 1.80. The topological polar surface area (TPSA) is 85.9 Å². The number of fused-ring (bicyclic) bond motifs is 1. The Labute approximate surface area is 144 Å². The van der Waals surface area contributed by atoms with Gasteiger partial charge in [0.2, 0.25) is 0 Å². The van der Waals surface area contributed by atoms with E-state index in [0.717, 1.165) is 0 Å². The molecule has 1 aliphatic rings. The molecule has 0 unspecified atom stereocenters. The summed E-state index contributed by atoms with van der Waals surface area (Å²) >= 11 is 0. The maximum atomic E-state index is 12.4. The summed E-state index contributed by atoms with van der Waals surface area (Å²) in [6.45, 7) is 1.67. The van der Waals surface area contributed by atoms with E-state index in [1.165, 1.54) is 14.2 Å². The lowest BCUT2D eigenvalue weighted by atomic mass is 10.1. The van der Waals surface area contributed by atoms with Gasteiger partial charge >= 0.3 is 0 Å². The third kappa shape index (κ3) is 3.35. The number of anilines is 2. The molecule has 0 saturated heterocycles. The van der Waals surface area contributed by atoms with E-state index < -0.39 is 6.10 Å². The smallest absolute Gasteiger partial charge is 0.265 e. The molecule has 1 heterocycles. The standard InChI is InChI=1S/C18H18N2O5/c1-10-17(21)20-13-9-12(5-7-14(13)25-10)19-18(22)11-4-6-15(23-2)16(8-11)24-3/h4-10H,1-3H3,(H,19,22)(H,20,21)/t10-/m1/s1. The first-order valence-electron chi connectivity index (χ1n) is 7.66. The number of carbonyl (C=O) groups excluding carboxylic acids is 2. The van der Waals surface area contributed by atoms with Gasteiger partial charge < -0.3 is 24.8 Å². The van der Waals surface area contributed by atoms with Crippen LogP contribution in [0.25, 0.3) is 0 Å². The number of hydrogen-bond donors (Lipinski definition) is 2. The van der Waals surface area contributed by atoms with Crippen LogP contribution in [0.15, 0.2) is 36.4 Å². The SMILES string of the molecule is COc1ccc(C(=O)Nc2ccc3c(c2)NC(=O)[C@@H](C)O3)cc1OC. The lowest BCUT2D eigenvalue weighted by Crippen LogP contribution is -2.34. The molecule has 0 fully saturated rings. The molecule has 0 aromatic heterocycles. The molecular weight excluding hydrogens is 324 g/mol. The van der Waals surface area contributed by atoms with Gasteiger partial charge in [-0.2, -0.15) is 0 Å². The van der Waals surface area contributed by atoms with Crippen molar-refractivity contribution in [1.29, 1.82) is 0 Å². The van der Waals surface area contributed by atoms with Gasteiger partial charge in [0.05, 0.1) is 19.9 Å². The van der Waals surface area contributed by atoms with Gasteiger partial charge in [-0.15, -0.1) is 0 Å². The number of nitrogens with one attached hydrogen (secondary N) is 2. The van der Waals surface area contributed by atoms with Gasteiger partial charge in [0, 0.05) is 11.3 Å². The van der Waals surface area contributed by atoms with Crippen LogP contribution < -0.4 is 24.8 Å². The van der Waals surface area contributed by atoms with Gasteiger partial charge in [0.1, 0.15) is 5.75 Å². The molecule has 1 atom stereocenters. The molecule has 2 amide bonds. The van der Waals surface area contributed by atoms with Gasteiger partial charge in [-0.25, -0.2) is 0 Å². The van der Waals surface area contributed by atoms with Crippen LogP contribution in [-0.4, -0.2) is 32.1 Å². The summed E-state index contributed by atoms with van der Waals surface area (Å²) in [5.74, 6) is 1.04. The van der Waals surface area contributed by atoms with Crippen LogP contribution in [0.3, 0.4) is 0 Å². The zero-order valence-corrected chi connectivity index (χ0v) is 14.1. The van der Waals surface area contributed by atoms with Crippen molar-refractivity contribution >= 4 is 23.2 Å². The Hall–Kier alpha value is -3.22. The van der Waals surface area contributed by atoms with E-state index in [1.807, 2.05) is 0 Å². The van der Waals surface area contributed by atoms with Gasteiger partial charge in [-0.1, -0.05) is 0 Å². The van der Waals surface area contributed by atoms with Crippen molar-refractivity contribution in [3.05, 3.63) is 42.0 Å². The first-order valence-corrected chi connectivity index (χ1v) is 7.66. The monoisotopic (exact) mass is 342 g/mol. The molecule has 25 heavy (non-hydrogen) atoms. The largest absolute Gasteiger partial charge is 0.493 e. The summed E-state index contributed by atoms with van der Waals surface area (Å²) in [6.07, 6.45) is -0.542. The van der Waals surface area contributed by atoms with Crippen molar-refractivity contribution < 1.29 is 23.8 Å². The minimum absolute atomic E-state index is 0.226. The molecular formula is C18H18N2O5. The maximum absolute atomic E-state index is 12.4. The second kappa shape index (κ2) is 6.72. The highest BCUT2D eigenvalue weighted by molar-refractivity contribution is 6.05. The van der Waals surface area contributed by atoms with Crippen LogP contribution in [0.4, 0.5) is 11.4 Å². The fourth-order valence-electron chi connectivity index (χ4n) is 2.47. The van der Waals surface area contributed by atoms with E-state index in [1.54, 1.807) is 43.3 Å². The lowest BCUT2D eigenvalue weighted by molar-refractivity contribution is -0.122. The molecule has 7 heteroatoms. The quantitative estimate of drug-likeness (QED) is 0.892. The number of amides is 2. The van der Waals surface area contributed by atoms with Crippen LogP contribution in [0.2, 0.25) is 0 Å². The zero-order chi connectivity index (χ0) is 18.0. The molecule has 1 aliphatic heterocycles. The molecule has 0 radical (unpaired) electrons. The summed E-state index contributed by atoms with van der Waals surface area (Å²) < 4.78 is 15.9. The normalized spacial score (nSPS) is 15.5. The first-order chi connectivity index (χ1) is 12.0. The Kier molecular flexibility index (Phi) is 4.47. The minimum atomic E-state index is -0.542. The predicted molar refractivity (Wildman–Crippen MR) is 92.7 cm³/mol. The molecule has 7 nitrogen and oxygen atoms in total. The Morgan fingerprint density at radius 3 is 2.60 bits per heavy atom. The third-order valence-corrected chi connectivity index (χ3v) is 3.81. The van der Waals surface area contributed by atoms with Gasteiger partial charge in [0.15, 0.2) is 17.6 Å². The highest BCUT2D eigenvalue weighted by Gasteiger charge is 2.23.